The van der Waals surface area contributed by atoms with Gasteiger partial charge in [0.15, 0.2) is 0 Å². The maximum Gasteiger partial charge on any atom is 0.249 e. The Morgan fingerprint density at radius 1 is 0.407 bits per heavy atom. The third-order valence-electron chi connectivity index (χ3n) is 12.7. The second-order valence-electron chi connectivity index (χ2n) is 18.6. The maximum atomic E-state index is 12.6. The molecule has 59 heavy (non-hydrogen) atoms. The Balaban J connectivity index is 3.64. The third kappa shape index (κ3) is 42.1. The van der Waals surface area contributed by atoms with Crippen molar-refractivity contribution in [3.63, 3.8) is 0 Å². The Bertz CT molecular complexity index is 852. The van der Waals surface area contributed by atoms with Crippen molar-refractivity contribution >= 4 is 5.91 Å². The molecule has 6 nitrogen and oxygen atoms in total. The summed E-state index contributed by atoms with van der Waals surface area (Å²) >= 11 is 0. The number of hydrogen-bond donors (Lipinski definition) is 5. The van der Waals surface area contributed by atoms with Gasteiger partial charge in [-0.3, -0.25) is 4.79 Å². The molecule has 0 aromatic rings. The van der Waals surface area contributed by atoms with Crippen LogP contribution in [0.3, 0.4) is 0 Å². The van der Waals surface area contributed by atoms with Crippen LogP contribution in [-0.4, -0.2) is 57.3 Å². The van der Waals surface area contributed by atoms with Crippen LogP contribution in [0, 0.1) is 0 Å². The van der Waals surface area contributed by atoms with Crippen molar-refractivity contribution in [2.75, 3.05) is 6.61 Å². The van der Waals surface area contributed by atoms with E-state index in [2.05, 4.69) is 31.3 Å². The topological polar surface area (TPSA) is 110 Å². The molecule has 0 aromatic carbocycles. The normalized spacial score (nSPS) is 13.9. The predicted octanol–water partition coefficient (Wildman–Crippen LogP) is 14.9. The van der Waals surface area contributed by atoms with E-state index in [9.17, 15) is 25.2 Å². The van der Waals surface area contributed by atoms with Crippen molar-refractivity contribution in [3.05, 3.63) is 12.2 Å². The zero-order chi connectivity index (χ0) is 43.1. The van der Waals surface area contributed by atoms with Gasteiger partial charge in [-0.15, -0.1) is 0 Å². The highest BCUT2D eigenvalue weighted by Crippen LogP contribution is 2.18. The summed E-state index contributed by atoms with van der Waals surface area (Å²) in [4.78, 5) is 12.6. The van der Waals surface area contributed by atoms with Crippen molar-refractivity contribution in [2.24, 2.45) is 0 Å². The Morgan fingerprint density at radius 3 is 1.02 bits per heavy atom. The van der Waals surface area contributed by atoms with Gasteiger partial charge < -0.3 is 25.7 Å². The van der Waals surface area contributed by atoms with E-state index in [0.29, 0.717) is 12.8 Å². The van der Waals surface area contributed by atoms with Gasteiger partial charge in [-0.05, 0) is 38.5 Å². The van der Waals surface area contributed by atoms with Gasteiger partial charge in [-0.1, -0.05) is 264 Å². The number of aliphatic hydroxyl groups excluding tert-OH is 4. The van der Waals surface area contributed by atoms with Gasteiger partial charge in [0.25, 0.3) is 0 Å². The van der Waals surface area contributed by atoms with Crippen molar-refractivity contribution in [1.82, 2.24) is 5.32 Å². The monoisotopic (exact) mass is 836 g/mol. The summed E-state index contributed by atoms with van der Waals surface area (Å²) in [6.45, 7) is 4.07. The van der Waals surface area contributed by atoms with E-state index in [1.165, 1.54) is 225 Å². The summed E-state index contributed by atoms with van der Waals surface area (Å²) in [5.41, 5.74) is 0. The van der Waals surface area contributed by atoms with Crippen LogP contribution >= 0.6 is 0 Å². The minimum atomic E-state index is -1.28. The largest absolute Gasteiger partial charge is 0.394 e. The van der Waals surface area contributed by atoms with Crippen molar-refractivity contribution in [3.8, 4) is 0 Å². The van der Waals surface area contributed by atoms with E-state index in [1.807, 2.05) is 0 Å². The number of carbonyl (C=O) groups is 1. The summed E-state index contributed by atoms with van der Waals surface area (Å²) in [7, 11) is 0. The average Bonchev–Trinajstić information content (AvgIpc) is 3.24. The lowest BCUT2D eigenvalue weighted by molar-refractivity contribution is -0.132. The molecule has 352 valence electrons. The number of unbranched alkanes of at least 4 members (excludes halogenated alkanes) is 38. The average molecular weight is 836 g/mol. The molecule has 0 heterocycles. The number of hydrogen-bond acceptors (Lipinski definition) is 5. The first-order chi connectivity index (χ1) is 29.0. The molecule has 0 aliphatic carbocycles. The molecular formula is C53H105NO5. The van der Waals surface area contributed by atoms with E-state index in [-0.39, 0.29) is 0 Å². The Morgan fingerprint density at radius 2 is 0.695 bits per heavy atom. The van der Waals surface area contributed by atoms with Crippen LogP contribution in [-0.2, 0) is 4.79 Å². The van der Waals surface area contributed by atoms with E-state index in [1.54, 1.807) is 0 Å². The molecule has 0 rings (SSSR count). The predicted molar refractivity (Wildman–Crippen MR) is 256 cm³/mol. The first-order valence-electron chi connectivity index (χ1n) is 26.6. The summed E-state index contributed by atoms with van der Waals surface area (Å²) in [5.74, 6) is -0.587. The Kier molecular flexibility index (Phi) is 47.3. The molecule has 0 spiro atoms. The molecule has 0 aromatic heterocycles. The molecule has 0 radical (unpaired) electrons. The highest BCUT2D eigenvalue weighted by Gasteiger charge is 2.28. The van der Waals surface area contributed by atoms with Crippen LogP contribution in [0.25, 0.3) is 0 Å². The molecule has 4 atom stereocenters. The minimum Gasteiger partial charge on any atom is -0.394 e. The molecule has 4 unspecified atom stereocenters. The Labute approximate surface area is 368 Å². The van der Waals surface area contributed by atoms with Crippen LogP contribution < -0.4 is 5.32 Å². The first kappa shape index (κ1) is 58.0. The fraction of sp³-hybridized carbons (Fsp3) is 0.943. The van der Waals surface area contributed by atoms with E-state index in [0.717, 1.165) is 38.5 Å². The zero-order valence-corrected chi connectivity index (χ0v) is 39.8. The summed E-state index contributed by atoms with van der Waals surface area (Å²) in [6.07, 6.45) is 55.6. The van der Waals surface area contributed by atoms with Crippen LogP contribution in [0.1, 0.15) is 290 Å². The molecule has 0 aliphatic rings. The standard InChI is InChI=1S/C53H105NO5/c1-3-5-7-9-11-13-15-17-19-21-23-24-25-26-27-28-29-31-33-35-37-39-41-43-45-47-51(57)53(59)54-49(48-55)52(58)50(56)46-44-42-40-38-36-34-32-30-22-20-18-16-14-12-10-8-6-4-2/h38,40,49-52,55-58H,3-37,39,41-48H2,1-2H3,(H,54,59)/b40-38+. The van der Waals surface area contributed by atoms with Crippen molar-refractivity contribution < 1.29 is 25.2 Å². The third-order valence-corrected chi connectivity index (χ3v) is 12.7. The van der Waals surface area contributed by atoms with Crippen LogP contribution in [0.2, 0.25) is 0 Å². The lowest BCUT2D eigenvalue weighted by Crippen LogP contribution is -2.53. The number of amides is 1. The fourth-order valence-corrected chi connectivity index (χ4v) is 8.53. The van der Waals surface area contributed by atoms with Gasteiger partial charge in [-0.25, -0.2) is 0 Å². The highest BCUT2D eigenvalue weighted by molar-refractivity contribution is 5.80. The Hall–Kier alpha value is -0.950. The van der Waals surface area contributed by atoms with Gasteiger partial charge >= 0.3 is 0 Å². The molecule has 0 saturated carbocycles. The van der Waals surface area contributed by atoms with Gasteiger partial charge in [-0.2, -0.15) is 0 Å². The SMILES string of the molecule is CCCCCCCCCCCCCCC/C=C/CCCC(O)C(O)C(CO)NC(=O)C(O)CCCCCCCCCCCCCCCCCCCCCCCCCCC. The minimum absolute atomic E-state index is 0.369. The smallest absolute Gasteiger partial charge is 0.249 e. The molecule has 0 fully saturated rings. The lowest BCUT2D eigenvalue weighted by Gasteiger charge is -2.27. The van der Waals surface area contributed by atoms with Gasteiger partial charge in [0.05, 0.1) is 18.8 Å². The van der Waals surface area contributed by atoms with Gasteiger partial charge in [0.2, 0.25) is 5.91 Å². The summed E-state index contributed by atoms with van der Waals surface area (Å²) in [5, 5.41) is 43.9. The summed E-state index contributed by atoms with van der Waals surface area (Å²) in [6, 6.07) is -0.998. The molecule has 0 saturated heterocycles. The van der Waals surface area contributed by atoms with Crippen LogP contribution in [0.5, 0.6) is 0 Å². The number of carbonyl (C=O) groups excluding carboxylic acids is 1. The van der Waals surface area contributed by atoms with Crippen LogP contribution in [0.4, 0.5) is 0 Å². The maximum absolute atomic E-state index is 12.6. The number of rotatable bonds is 49. The lowest BCUT2D eigenvalue weighted by atomic mass is 10.00. The quantitative estimate of drug-likeness (QED) is 0.0310. The van der Waals surface area contributed by atoms with Gasteiger partial charge in [0.1, 0.15) is 12.2 Å². The number of nitrogens with one attached hydrogen (secondary N) is 1. The number of allylic oxidation sites excluding steroid dienone is 2. The van der Waals surface area contributed by atoms with Crippen molar-refractivity contribution in [2.45, 2.75) is 314 Å². The van der Waals surface area contributed by atoms with E-state index >= 15 is 0 Å². The number of aliphatic hydroxyl groups is 4. The molecular weight excluding hydrogens is 731 g/mol. The van der Waals surface area contributed by atoms with E-state index in [4.69, 9.17) is 0 Å². The second-order valence-corrected chi connectivity index (χ2v) is 18.6. The molecule has 1 amide bonds. The van der Waals surface area contributed by atoms with E-state index < -0.39 is 36.9 Å². The van der Waals surface area contributed by atoms with Crippen molar-refractivity contribution in [1.29, 1.82) is 0 Å². The van der Waals surface area contributed by atoms with Gasteiger partial charge in [0, 0.05) is 0 Å². The second kappa shape index (κ2) is 48.1. The molecule has 0 bridgehead atoms. The molecule has 6 heteroatoms. The zero-order valence-electron chi connectivity index (χ0n) is 39.8. The highest BCUT2D eigenvalue weighted by atomic mass is 16.3. The molecule has 0 aliphatic heterocycles. The summed E-state index contributed by atoms with van der Waals surface area (Å²) < 4.78 is 0. The molecule has 5 N–H and O–H groups in total. The van der Waals surface area contributed by atoms with Crippen LogP contribution in [0.15, 0.2) is 12.2 Å². The first-order valence-corrected chi connectivity index (χ1v) is 26.6. The fourth-order valence-electron chi connectivity index (χ4n) is 8.53.